The van der Waals surface area contributed by atoms with E-state index >= 15 is 0 Å². The first-order valence-corrected chi connectivity index (χ1v) is 7.06. The molecule has 0 fully saturated rings. The molecule has 0 aliphatic carbocycles. The van der Waals surface area contributed by atoms with Crippen molar-refractivity contribution in [1.29, 1.82) is 0 Å². The Kier molecular flexibility index (Phi) is 4.26. The molecule has 118 valence electrons. The highest BCUT2D eigenvalue weighted by molar-refractivity contribution is 5.89. The number of hydrogen-bond acceptors (Lipinski definition) is 5. The zero-order valence-electron chi connectivity index (χ0n) is 13.2. The molecular formula is C17H20O5. The number of allylic oxidation sites excluding steroid dienone is 1. The van der Waals surface area contributed by atoms with Gasteiger partial charge in [-0.15, -0.1) is 0 Å². The largest absolute Gasteiger partial charge is 0.455 e. The summed E-state index contributed by atoms with van der Waals surface area (Å²) in [6, 6.07) is 9.27. The lowest BCUT2D eigenvalue weighted by atomic mass is 9.84. The van der Waals surface area contributed by atoms with E-state index in [9.17, 15) is 9.59 Å². The van der Waals surface area contributed by atoms with Crippen LogP contribution in [0.5, 0.6) is 0 Å². The van der Waals surface area contributed by atoms with Crippen molar-refractivity contribution in [2.24, 2.45) is 5.41 Å². The molecule has 0 bridgehead atoms. The van der Waals surface area contributed by atoms with E-state index in [0.29, 0.717) is 5.76 Å². The van der Waals surface area contributed by atoms with Gasteiger partial charge in [0.1, 0.15) is 12.4 Å². The molecule has 0 radical (unpaired) electrons. The maximum absolute atomic E-state index is 12.6. The Morgan fingerprint density at radius 3 is 2.36 bits per heavy atom. The molecule has 0 amide bonds. The summed E-state index contributed by atoms with van der Waals surface area (Å²) >= 11 is 0. The van der Waals surface area contributed by atoms with Gasteiger partial charge in [-0.25, -0.2) is 9.59 Å². The van der Waals surface area contributed by atoms with Crippen LogP contribution in [0.15, 0.2) is 42.2 Å². The predicted molar refractivity (Wildman–Crippen MR) is 79.4 cm³/mol. The minimum absolute atomic E-state index is 0.0845. The number of benzene rings is 1. The fourth-order valence-corrected chi connectivity index (χ4v) is 2.13. The molecule has 0 aromatic heterocycles. The third-order valence-corrected chi connectivity index (χ3v) is 3.34. The van der Waals surface area contributed by atoms with Gasteiger partial charge in [-0.3, -0.25) is 0 Å². The van der Waals surface area contributed by atoms with Crippen molar-refractivity contribution >= 4 is 11.9 Å². The molecule has 0 saturated carbocycles. The Morgan fingerprint density at radius 1 is 1.18 bits per heavy atom. The van der Waals surface area contributed by atoms with E-state index in [-0.39, 0.29) is 6.61 Å². The smallest absolute Gasteiger partial charge is 0.393 e. The molecule has 5 heteroatoms. The lowest BCUT2D eigenvalue weighted by Gasteiger charge is -2.42. The molecule has 1 heterocycles. The van der Waals surface area contributed by atoms with Crippen molar-refractivity contribution in [3.63, 3.8) is 0 Å². The third-order valence-electron chi connectivity index (χ3n) is 3.34. The molecule has 0 N–H and O–H groups in total. The second-order valence-corrected chi connectivity index (χ2v) is 6.21. The van der Waals surface area contributed by atoms with Crippen molar-refractivity contribution in [2.75, 3.05) is 0 Å². The summed E-state index contributed by atoms with van der Waals surface area (Å²) in [6.45, 7) is 6.94. The van der Waals surface area contributed by atoms with Crippen LogP contribution < -0.4 is 0 Å². The minimum atomic E-state index is -1.78. The first kappa shape index (κ1) is 16.1. The Bertz CT molecular complexity index is 597. The standard InChI is InChI=1S/C17H20O5/c1-12-10-14(18)22-17(21-12,16(2,3)4)15(19)20-11-13-8-6-5-7-9-13/h5-10H,11H2,1-4H3. The summed E-state index contributed by atoms with van der Waals surface area (Å²) in [4.78, 5) is 24.3. The van der Waals surface area contributed by atoms with Crippen molar-refractivity contribution in [3.8, 4) is 0 Å². The summed E-state index contributed by atoms with van der Waals surface area (Å²) in [5.41, 5.74) is 0.0562. The lowest BCUT2D eigenvalue weighted by Crippen LogP contribution is -2.57. The van der Waals surface area contributed by atoms with Gasteiger partial charge in [0.05, 0.1) is 11.5 Å². The third kappa shape index (κ3) is 3.13. The summed E-state index contributed by atoms with van der Waals surface area (Å²) < 4.78 is 16.2. The van der Waals surface area contributed by atoms with E-state index in [0.717, 1.165) is 5.56 Å². The van der Waals surface area contributed by atoms with E-state index in [4.69, 9.17) is 14.2 Å². The Hall–Kier alpha value is -2.30. The molecule has 0 saturated heterocycles. The predicted octanol–water partition coefficient (Wildman–Crippen LogP) is 2.95. The van der Waals surface area contributed by atoms with E-state index in [2.05, 4.69) is 0 Å². The van der Waals surface area contributed by atoms with Crippen molar-refractivity contribution in [3.05, 3.63) is 47.7 Å². The Morgan fingerprint density at radius 2 is 1.82 bits per heavy atom. The second-order valence-electron chi connectivity index (χ2n) is 6.21. The first-order valence-electron chi connectivity index (χ1n) is 7.06. The van der Waals surface area contributed by atoms with Crippen LogP contribution in [0.3, 0.4) is 0 Å². The number of rotatable bonds is 3. The number of esters is 2. The fourth-order valence-electron chi connectivity index (χ4n) is 2.13. The van der Waals surface area contributed by atoms with Gasteiger partial charge in [-0.1, -0.05) is 51.1 Å². The van der Waals surface area contributed by atoms with Gasteiger partial charge in [0.2, 0.25) is 0 Å². The van der Waals surface area contributed by atoms with Crippen LogP contribution in [0.1, 0.15) is 33.3 Å². The number of carbonyl (C=O) groups excluding carboxylic acids is 2. The zero-order chi connectivity index (χ0) is 16.4. The maximum Gasteiger partial charge on any atom is 0.393 e. The van der Waals surface area contributed by atoms with Gasteiger partial charge in [0.25, 0.3) is 0 Å². The fraction of sp³-hybridized carbons (Fsp3) is 0.412. The Balaban J connectivity index is 2.22. The van der Waals surface area contributed by atoms with E-state index < -0.39 is 23.1 Å². The van der Waals surface area contributed by atoms with Crippen molar-refractivity contribution in [2.45, 2.75) is 40.1 Å². The summed E-state index contributed by atoms with van der Waals surface area (Å²) in [5, 5.41) is 0. The first-order chi connectivity index (χ1) is 10.2. The van der Waals surface area contributed by atoms with Gasteiger partial charge >= 0.3 is 17.7 Å². The topological polar surface area (TPSA) is 61.8 Å². The molecule has 1 aliphatic rings. The molecule has 0 spiro atoms. The molecule has 5 nitrogen and oxygen atoms in total. The van der Waals surface area contributed by atoms with Gasteiger partial charge in [0.15, 0.2) is 0 Å². The molecule has 1 aromatic rings. The van der Waals surface area contributed by atoms with Crippen LogP contribution in [-0.4, -0.2) is 17.7 Å². The molecule has 1 aromatic carbocycles. The summed E-state index contributed by atoms with van der Waals surface area (Å²) in [5.74, 6) is -2.79. The highest BCUT2D eigenvalue weighted by atomic mass is 16.8. The Labute approximate surface area is 129 Å². The number of hydrogen-bond donors (Lipinski definition) is 0. The second kappa shape index (κ2) is 5.83. The summed E-state index contributed by atoms with van der Waals surface area (Å²) in [7, 11) is 0. The van der Waals surface area contributed by atoms with E-state index in [1.807, 2.05) is 30.3 Å². The van der Waals surface area contributed by atoms with E-state index in [1.165, 1.54) is 6.08 Å². The average Bonchev–Trinajstić information content (AvgIpc) is 2.43. The highest BCUT2D eigenvalue weighted by Gasteiger charge is 2.58. The highest BCUT2D eigenvalue weighted by Crippen LogP contribution is 2.40. The van der Waals surface area contributed by atoms with Gasteiger partial charge in [0, 0.05) is 0 Å². The molecule has 2 rings (SSSR count). The quantitative estimate of drug-likeness (QED) is 0.803. The average molecular weight is 304 g/mol. The molecule has 1 aliphatic heterocycles. The van der Waals surface area contributed by atoms with Gasteiger partial charge < -0.3 is 14.2 Å². The molecule has 22 heavy (non-hydrogen) atoms. The number of cyclic esters (lactones) is 1. The summed E-state index contributed by atoms with van der Waals surface area (Å²) in [6.07, 6.45) is 1.20. The van der Waals surface area contributed by atoms with Crippen LogP contribution in [0.25, 0.3) is 0 Å². The van der Waals surface area contributed by atoms with Crippen molar-refractivity contribution < 1.29 is 23.8 Å². The number of carbonyl (C=O) groups is 2. The van der Waals surface area contributed by atoms with Gasteiger partial charge in [-0.2, -0.15) is 0 Å². The maximum atomic E-state index is 12.6. The molecular weight excluding hydrogens is 284 g/mol. The van der Waals surface area contributed by atoms with Crippen LogP contribution in [0.4, 0.5) is 0 Å². The lowest BCUT2D eigenvalue weighted by molar-refractivity contribution is -0.267. The van der Waals surface area contributed by atoms with Crippen LogP contribution in [0.2, 0.25) is 0 Å². The van der Waals surface area contributed by atoms with Crippen LogP contribution >= 0.6 is 0 Å². The van der Waals surface area contributed by atoms with Crippen molar-refractivity contribution in [1.82, 2.24) is 0 Å². The van der Waals surface area contributed by atoms with Crippen LogP contribution in [0, 0.1) is 5.41 Å². The van der Waals surface area contributed by atoms with Gasteiger partial charge in [-0.05, 0) is 12.5 Å². The normalized spacial score (nSPS) is 21.5. The SMILES string of the molecule is CC1=CC(=O)OC(C(=O)OCc2ccccc2)(C(C)(C)C)O1. The minimum Gasteiger partial charge on any atom is -0.455 e. The van der Waals surface area contributed by atoms with E-state index in [1.54, 1.807) is 27.7 Å². The number of ether oxygens (including phenoxy) is 3. The molecule has 1 unspecified atom stereocenters. The molecule has 1 atom stereocenters. The zero-order valence-corrected chi connectivity index (χ0v) is 13.2. The van der Waals surface area contributed by atoms with Crippen LogP contribution in [-0.2, 0) is 30.4 Å². The monoisotopic (exact) mass is 304 g/mol.